The molecule has 0 heterocycles. The highest BCUT2D eigenvalue weighted by atomic mass is 35.5. The molecule has 1 aromatic rings. The monoisotopic (exact) mass is 252 g/mol. The van der Waals surface area contributed by atoms with Gasteiger partial charge in [0.1, 0.15) is 12.4 Å². The number of hydrogen-bond donors (Lipinski definition) is 0. The van der Waals surface area contributed by atoms with Crippen molar-refractivity contribution in [2.24, 2.45) is 0 Å². The van der Waals surface area contributed by atoms with Gasteiger partial charge in [-0.25, -0.2) is 0 Å². The molecule has 1 nitrogen and oxygen atoms in total. The van der Waals surface area contributed by atoms with Gasteiger partial charge in [-0.3, -0.25) is 0 Å². The van der Waals surface area contributed by atoms with Gasteiger partial charge in [0.2, 0.25) is 0 Å². The Morgan fingerprint density at radius 2 is 1.94 bits per heavy atom. The number of hydrogen-bond acceptors (Lipinski definition) is 1. The van der Waals surface area contributed by atoms with Crippen LogP contribution in [0.4, 0.5) is 0 Å². The van der Waals surface area contributed by atoms with Crippen LogP contribution in [0.2, 0.25) is 0 Å². The summed E-state index contributed by atoms with van der Waals surface area (Å²) < 4.78 is 5.66. The van der Waals surface area contributed by atoms with Gasteiger partial charge in [-0.2, -0.15) is 0 Å². The van der Waals surface area contributed by atoms with E-state index in [-0.39, 0.29) is 5.41 Å². The molecule has 1 rings (SSSR count). The SMILES string of the molecule is Cc1cc(C(C)(C)C)ccc1OCC=CCCl. The van der Waals surface area contributed by atoms with E-state index in [1.165, 1.54) is 11.1 Å². The molecule has 0 amide bonds. The molecule has 0 aliphatic heterocycles. The molecule has 0 N–H and O–H groups in total. The number of halogens is 1. The topological polar surface area (TPSA) is 9.23 Å². The Morgan fingerprint density at radius 1 is 1.24 bits per heavy atom. The molecule has 0 unspecified atom stereocenters. The van der Waals surface area contributed by atoms with Gasteiger partial charge in [-0.05, 0) is 29.5 Å². The number of rotatable bonds is 4. The summed E-state index contributed by atoms with van der Waals surface area (Å²) in [4.78, 5) is 0. The maximum atomic E-state index is 5.66. The van der Waals surface area contributed by atoms with E-state index in [2.05, 4.69) is 39.8 Å². The minimum absolute atomic E-state index is 0.182. The van der Waals surface area contributed by atoms with Crippen LogP contribution in [0.3, 0.4) is 0 Å². The molecule has 2 heteroatoms. The standard InChI is InChI=1S/C15H21ClO/c1-12-11-13(15(2,3)4)7-8-14(12)17-10-6-5-9-16/h5-8,11H,9-10H2,1-4H3. The van der Waals surface area contributed by atoms with E-state index in [4.69, 9.17) is 16.3 Å². The second-order valence-corrected chi connectivity index (χ2v) is 5.48. The molecule has 1 aromatic carbocycles. The van der Waals surface area contributed by atoms with Gasteiger partial charge in [0.05, 0.1) is 0 Å². The van der Waals surface area contributed by atoms with Crippen LogP contribution in [-0.2, 0) is 5.41 Å². The average Bonchev–Trinajstić information content (AvgIpc) is 2.24. The first-order valence-electron chi connectivity index (χ1n) is 5.90. The Balaban J connectivity index is 2.73. The highest BCUT2D eigenvalue weighted by Gasteiger charge is 2.14. The van der Waals surface area contributed by atoms with Crippen molar-refractivity contribution >= 4 is 11.6 Å². The van der Waals surface area contributed by atoms with Crippen LogP contribution in [0, 0.1) is 6.92 Å². The van der Waals surface area contributed by atoms with Crippen LogP contribution >= 0.6 is 11.6 Å². The molecule has 0 radical (unpaired) electrons. The van der Waals surface area contributed by atoms with Gasteiger partial charge < -0.3 is 4.74 Å². The molecule has 0 spiro atoms. The van der Waals surface area contributed by atoms with Crippen molar-refractivity contribution in [3.05, 3.63) is 41.5 Å². The molecule has 0 aliphatic carbocycles. The first-order chi connectivity index (χ1) is 7.95. The second kappa shape index (κ2) is 6.11. The van der Waals surface area contributed by atoms with E-state index >= 15 is 0 Å². The number of alkyl halides is 1. The Kier molecular flexibility index (Phi) is 5.07. The fourth-order valence-corrected chi connectivity index (χ4v) is 1.67. The summed E-state index contributed by atoms with van der Waals surface area (Å²) in [5.74, 6) is 1.47. The van der Waals surface area contributed by atoms with E-state index < -0.39 is 0 Å². The van der Waals surface area contributed by atoms with Crippen LogP contribution < -0.4 is 4.74 Å². The van der Waals surface area contributed by atoms with Gasteiger partial charge in [0, 0.05) is 5.88 Å². The quantitative estimate of drug-likeness (QED) is 0.568. The van der Waals surface area contributed by atoms with Crippen LogP contribution in [0.1, 0.15) is 31.9 Å². The molecule has 0 bridgehead atoms. The zero-order valence-corrected chi connectivity index (χ0v) is 11.8. The van der Waals surface area contributed by atoms with Crippen molar-refractivity contribution in [3.8, 4) is 5.75 Å². The van der Waals surface area contributed by atoms with Crippen LogP contribution in [-0.4, -0.2) is 12.5 Å². The number of ether oxygens (including phenoxy) is 1. The maximum Gasteiger partial charge on any atom is 0.122 e. The zero-order valence-electron chi connectivity index (χ0n) is 11.1. The van der Waals surface area contributed by atoms with Crippen molar-refractivity contribution in [2.75, 3.05) is 12.5 Å². The Morgan fingerprint density at radius 3 is 2.47 bits per heavy atom. The number of aryl methyl sites for hydroxylation is 1. The molecule has 17 heavy (non-hydrogen) atoms. The highest BCUT2D eigenvalue weighted by Crippen LogP contribution is 2.27. The summed E-state index contributed by atoms with van der Waals surface area (Å²) in [5, 5.41) is 0. The summed E-state index contributed by atoms with van der Waals surface area (Å²) in [6.45, 7) is 9.29. The Labute approximate surface area is 109 Å². The van der Waals surface area contributed by atoms with E-state index in [0.717, 1.165) is 5.75 Å². The number of benzene rings is 1. The van der Waals surface area contributed by atoms with Gasteiger partial charge >= 0.3 is 0 Å². The van der Waals surface area contributed by atoms with Crippen molar-refractivity contribution in [2.45, 2.75) is 33.1 Å². The van der Waals surface area contributed by atoms with Crippen LogP contribution in [0.5, 0.6) is 5.75 Å². The predicted molar refractivity (Wildman–Crippen MR) is 75.2 cm³/mol. The fraction of sp³-hybridized carbons (Fsp3) is 0.467. The molecule has 0 saturated carbocycles. The largest absolute Gasteiger partial charge is 0.489 e. The van der Waals surface area contributed by atoms with Gasteiger partial charge in [0.15, 0.2) is 0 Å². The maximum absolute atomic E-state index is 5.66. The fourth-order valence-electron chi connectivity index (χ4n) is 1.55. The molecular formula is C15H21ClO. The van der Waals surface area contributed by atoms with Crippen molar-refractivity contribution in [1.82, 2.24) is 0 Å². The summed E-state index contributed by atoms with van der Waals surface area (Å²) in [6, 6.07) is 6.37. The van der Waals surface area contributed by atoms with Crippen LogP contribution in [0.15, 0.2) is 30.4 Å². The predicted octanol–water partition coefficient (Wildman–Crippen LogP) is 4.47. The van der Waals surface area contributed by atoms with Crippen molar-refractivity contribution in [3.63, 3.8) is 0 Å². The Bertz CT molecular complexity index is 388. The molecule has 0 aliphatic rings. The smallest absolute Gasteiger partial charge is 0.122 e. The molecule has 0 aromatic heterocycles. The van der Waals surface area contributed by atoms with E-state index in [9.17, 15) is 0 Å². The third-order valence-corrected chi connectivity index (χ3v) is 2.81. The summed E-state index contributed by atoms with van der Waals surface area (Å²) in [7, 11) is 0. The van der Waals surface area contributed by atoms with Crippen LogP contribution in [0.25, 0.3) is 0 Å². The highest BCUT2D eigenvalue weighted by molar-refractivity contribution is 6.18. The lowest BCUT2D eigenvalue weighted by Crippen LogP contribution is -2.11. The van der Waals surface area contributed by atoms with Crippen molar-refractivity contribution in [1.29, 1.82) is 0 Å². The number of allylic oxidation sites excluding steroid dienone is 1. The minimum atomic E-state index is 0.182. The van der Waals surface area contributed by atoms with E-state index in [1.807, 2.05) is 18.2 Å². The minimum Gasteiger partial charge on any atom is -0.489 e. The van der Waals surface area contributed by atoms with Gasteiger partial charge in [-0.1, -0.05) is 45.1 Å². The summed E-state index contributed by atoms with van der Waals surface area (Å²) >= 11 is 5.54. The van der Waals surface area contributed by atoms with E-state index in [1.54, 1.807) is 0 Å². The van der Waals surface area contributed by atoms with Gasteiger partial charge in [-0.15, -0.1) is 11.6 Å². The summed E-state index contributed by atoms with van der Waals surface area (Å²) in [6.07, 6.45) is 3.82. The first-order valence-corrected chi connectivity index (χ1v) is 6.43. The first kappa shape index (κ1) is 14.1. The van der Waals surface area contributed by atoms with Crippen molar-refractivity contribution < 1.29 is 4.74 Å². The molecule has 0 fully saturated rings. The molecule has 0 atom stereocenters. The lowest BCUT2D eigenvalue weighted by atomic mass is 9.86. The van der Waals surface area contributed by atoms with Gasteiger partial charge in [0.25, 0.3) is 0 Å². The third kappa shape index (κ3) is 4.43. The molecule has 0 saturated heterocycles. The Hall–Kier alpha value is -0.950. The molecule has 94 valence electrons. The molecular weight excluding hydrogens is 232 g/mol. The lowest BCUT2D eigenvalue weighted by molar-refractivity contribution is 0.360. The normalized spacial score (nSPS) is 12.1. The second-order valence-electron chi connectivity index (χ2n) is 5.17. The average molecular weight is 253 g/mol. The third-order valence-electron chi connectivity index (χ3n) is 2.63. The lowest BCUT2D eigenvalue weighted by Gasteiger charge is -2.20. The van der Waals surface area contributed by atoms with E-state index in [0.29, 0.717) is 12.5 Å². The zero-order chi connectivity index (χ0) is 12.9. The summed E-state index contributed by atoms with van der Waals surface area (Å²) in [5.41, 5.74) is 2.69.